The molecule has 1 aromatic heterocycles. The van der Waals surface area contributed by atoms with E-state index < -0.39 is 27.2 Å². The lowest BCUT2D eigenvalue weighted by Gasteiger charge is -2.15. The van der Waals surface area contributed by atoms with Gasteiger partial charge in [0.1, 0.15) is 5.69 Å². The van der Waals surface area contributed by atoms with Gasteiger partial charge in [-0.1, -0.05) is 25.5 Å². The van der Waals surface area contributed by atoms with Crippen molar-refractivity contribution < 1.29 is 27.4 Å². The van der Waals surface area contributed by atoms with E-state index in [0.717, 1.165) is 18.4 Å². The summed E-state index contributed by atoms with van der Waals surface area (Å²) in [5.41, 5.74) is 0.655. The number of sulfone groups is 1. The van der Waals surface area contributed by atoms with Crippen molar-refractivity contribution >= 4 is 15.8 Å². The minimum atomic E-state index is -3.32. The van der Waals surface area contributed by atoms with Crippen LogP contribution in [0.4, 0.5) is 4.39 Å². The number of pyridine rings is 1. The standard InChI is InChI=1S/C24H30FNO6S/c1-16(19-8-10-20(25)21(13-19)32-14-17-6-7-17)15-33(30,31)12-4-2-3-5-18-9-11-22(27)26-23(18)24(28)29/h8-11,13,16-17H,2-7,12,14-15H2,1H3,(H,26,27)(H,28,29)/t16-/m0/s1. The molecule has 1 aliphatic rings. The Morgan fingerprint density at radius 2 is 1.97 bits per heavy atom. The molecule has 1 atom stereocenters. The van der Waals surface area contributed by atoms with E-state index in [2.05, 4.69) is 4.98 Å². The van der Waals surface area contributed by atoms with Crippen molar-refractivity contribution in [2.24, 2.45) is 5.92 Å². The SMILES string of the molecule is C[C@@H](CS(=O)(=O)CCCCCc1ccc(=O)[nH]c1C(=O)O)c1ccc(F)c(OCC2CC2)c1. The Balaban J connectivity index is 1.47. The summed E-state index contributed by atoms with van der Waals surface area (Å²) in [7, 11) is -3.32. The van der Waals surface area contributed by atoms with Gasteiger partial charge in [0.2, 0.25) is 5.56 Å². The van der Waals surface area contributed by atoms with Crippen LogP contribution < -0.4 is 10.3 Å². The fourth-order valence-electron chi connectivity index (χ4n) is 3.71. The van der Waals surface area contributed by atoms with Crippen molar-refractivity contribution in [1.82, 2.24) is 4.98 Å². The number of hydrogen-bond acceptors (Lipinski definition) is 5. The van der Waals surface area contributed by atoms with Crippen LogP contribution in [0.3, 0.4) is 0 Å². The van der Waals surface area contributed by atoms with E-state index >= 15 is 0 Å². The molecular formula is C24H30FNO6S. The lowest BCUT2D eigenvalue weighted by molar-refractivity contribution is 0.0688. The number of carbonyl (C=O) groups is 1. The molecule has 1 fully saturated rings. The number of unbranched alkanes of at least 4 members (excludes halogenated alkanes) is 2. The summed E-state index contributed by atoms with van der Waals surface area (Å²) in [5.74, 6) is -1.27. The summed E-state index contributed by atoms with van der Waals surface area (Å²) in [6.07, 6.45) is 4.32. The Kier molecular flexibility index (Phi) is 8.29. The summed E-state index contributed by atoms with van der Waals surface area (Å²) in [6, 6.07) is 7.30. The highest BCUT2D eigenvalue weighted by Gasteiger charge is 2.23. The van der Waals surface area contributed by atoms with Crippen molar-refractivity contribution in [1.29, 1.82) is 0 Å². The highest BCUT2D eigenvalue weighted by atomic mass is 32.2. The van der Waals surface area contributed by atoms with Gasteiger partial charge >= 0.3 is 5.97 Å². The van der Waals surface area contributed by atoms with Crippen molar-refractivity contribution in [2.45, 2.75) is 51.4 Å². The molecule has 0 unspecified atom stereocenters. The minimum absolute atomic E-state index is 0.0288. The Labute approximate surface area is 192 Å². The predicted molar refractivity (Wildman–Crippen MR) is 123 cm³/mol. The highest BCUT2D eigenvalue weighted by molar-refractivity contribution is 7.91. The molecule has 7 nitrogen and oxygen atoms in total. The summed E-state index contributed by atoms with van der Waals surface area (Å²) >= 11 is 0. The fourth-order valence-corrected chi connectivity index (χ4v) is 5.47. The number of carboxylic acids is 1. The molecule has 1 aromatic carbocycles. The first-order valence-electron chi connectivity index (χ1n) is 11.2. The third kappa shape index (κ3) is 7.70. The van der Waals surface area contributed by atoms with Gasteiger partial charge in [0, 0.05) is 6.07 Å². The third-order valence-corrected chi connectivity index (χ3v) is 7.74. The number of aryl methyl sites for hydroxylation is 1. The van der Waals surface area contributed by atoms with Crippen LogP contribution in [0.1, 0.15) is 66.6 Å². The lowest BCUT2D eigenvalue weighted by Crippen LogP contribution is -2.16. The highest BCUT2D eigenvalue weighted by Crippen LogP contribution is 2.31. The van der Waals surface area contributed by atoms with Crippen LogP contribution in [0.25, 0.3) is 0 Å². The number of H-pyrrole nitrogens is 1. The molecular weight excluding hydrogens is 449 g/mol. The summed E-state index contributed by atoms with van der Waals surface area (Å²) in [6.45, 7) is 2.29. The molecule has 33 heavy (non-hydrogen) atoms. The zero-order valence-corrected chi connectivity index (χ0v) is 19.5. The Morgan fingerprint density at radius 1 is 1.21 bits per heavy atom. The van der Waals surface area contributed by atoms with E-state index in [0.29, 0.717) is 43.8 Å². The second-order valence-corrected chi connectivity index (χ2v) is 11.0. The zero-order chi connectivity index (χ0) is 24.0. The minimum Gasteiger partial charge on any atom is -0.490 e. The molecule has 0 aliphatic heterocycles. The van der Waals surface area contributed by atoms with Crippen molar-refractivity contribution in [3.05, 3.63) is 63.3 Å². The Morgan fingerprint density at radius 3 is 2.67 bits per heavy atom. The largest absolute Gasteiger partial charge is 0.490 e. The molecule has 0 radical (unpaired) electrons. The number of aromatic amines is 1. The van der Waals surface area contributed by atoms with E-state index in [-0.39, 0.29) is 28.9 Å². The zero-order valence-electron chi connectivity index (χ0n) is 18.7. The Bertz CT molecular complexity index is 1140. The van der Waals surface area contributed by atoms with E-state index in [9.17, 15) is 27.5 Å². The summed E-state index contributed by atoms with van der Waals surface area (Å²) < 4.78 is 44.7. The van der Waals surface area contributed by atoms with Crippen molar-refractivity contribution in [3.63, 3.8) is 0 Å². The smallest absolute Gasteiger partial charge is 0.352 e. The van der Waals surface area contributed by atoms with Crippen molar-refractivity contribution in [3.8, 4) is 5.75 Å². The van der Waals surface area contributed by atoms with E-state index in [1.807, 2.05) is 0 Å². The van der Waals surface area contributed by atoms with Gasteiger partial charge in [-0.2, -0.15) is 0 Å². The molecule has 0 spiro atoms. The van der Waals surface area contributed by atoms with Crippen molar-refractivity contribution in [2.75, 3.05) is 18.1 Å². The second kappa shape index (κ2) is 11.0. The lowest BCUT2D eigenvalue weighted by atomic mass is 10.0. The number of hydrogen-bond donors (Lipinski definition) is 2. The fraction of sp³-hybridized carbons (Fsp3) is 0.500. The molecule has 1 heterocycles. The average Bonchev–Trinajstić information content (AvgIpc) is 3.57. The molecule has 1 saturated carbocycles. The normalized spacial score (nSPS) is 14.7. The predicted octanol–water partition coefficient (Wildman–Crippen LogP) is 3.93. The molecule has 0 amide bonds. The number of halogens is 1. The maximum Gasteiger partial charge on any atom is 0.352 e. The molecule has 1 aliphatic carbocycles. The number of nitrogens with one attached hydrogen (secondary N) is 1. The molecule has 180 valence electrons. The quantitative estimate of drug-likeness (QED) is 0.421. The monoisotopic (exact) mass is 479 g/mol. The summed E-state index contributed by atoms with van der Waals surface area (Å²) in [4.78, 5) is 24.9. The second-order valence-electron chi connectivity index (χ2n) is 8.80. The van der Waals surface area contributed by atoms with Gasteiger partial charge in [-0.3, -0.25) is 4.79 Å². The van der Waals surface area contributed by atoms with E-state index in [4.69, 9.17) is 4.74 Å². The molecule has 2 aromatic rings. The number of carboxylic acid groups (broad SMARTS) is 1. The first kappa shape index (κ1) is 25.0. The molecule has 0 saturated heterocycles. The van der Waals surface area contributed by atoms with Crippen LogP contribution >= 0.6 is 0 Å². The van der Waals surface area contributed by atoms with Gasteiger partial charge in [-0.05, 0) is 67.2 Å². The van der Waals surface area contributed by atoms with Crippen LogP contribution in [-0.4, -0.2) is 42.6 Å². The summed E-state index contributed by atoms with van der Waals surface area (Å²) in [5, 5.41) is 9.19. The molecule has 3 rings (SSSR count). The first-order valence-corrected chi connectivity index (χ1v) is 13.0. The van der Waals surface area contributed by atoms with Crippen LogP contribution in [0.5, 0.6) is 5.75 Å². The first-order chi connectivity index (χ1) is 15.6. The van der Waals surface area contributed by atoms with Gasteiger partial charge in [0.25, 0.3) is 0 Å². The number of benzene rings is 1. The number of aromatic nitrogens is 1. The Hall–Kier alpha value is -2.68. The van der Waals surface area contributed by atoms with Gasteiger partial charge in [0.05, 0.1) is 18.1 Å². The van der Waals surface area contributed by atoms with Gasteiger partial charge in [0.15, 0.2) is 21.4 Å². The molecule has 0 bridgehead atoms. The number of ether oxygens (including phenoxy) is 1. The maximum atomic E-state index is 14.0. The van der Waals surface area contributed by atoms with Crippen LogP contribution in [0, 0.1) is 11.7 Å². The number of rotatable bonds is 13. The number of aromatic carboxylic acids is 1. The van der Waals surface area contributed by atoms with Crippen LogP contribution in [0.15, 0.2) is 35.1 Å². The van der Waals surface area contributed by atoms with Crippen LogP contribution in [-0.2, 0) is 16.3 Å². The van der Waals surface area contributed by atoms with Gasteiger partial charge in [-0.25, -0.2) is 17.6 Å². The van der Waals surface area contributed by atoms with Gasteiger partial charge in [-0.15, -0.1) is 0 Å². The van der Waals surface area contributed by atoms with Crippen LogP contribution in [0.2, 0.25) is 0 Å². The topological polar surface area (TPSA) is 114 Å². The molecule has 9 heteroatoms. The third-order valence-electron chi connectivity index (χ3n) is 5.82. The van der Waals surface area contributed by atoms with Gasteiger partial charge < -0.3 is 14.8 Å². The van der Waals surface area contributed by atoms with E-state index in [1.165, 1.54) is 18.2 Å². The van der Waals surface area contributed by atoms with E-state index in [1.54, 1.807) is 19.1 Å². The molecule has 2 N–H and O–H groups in total. The average molecular weight is 480 g/mol. The maximum absolute atomic E-state index is 14.0.